The van der Waals surface area contributed by atoms with E-state index in [0.717, 1.165) is 5.69 Å². The highest BCUT2D eigenvalue weighted by Crippen LogP contribution is 2.24. The Morgan fingerprint density at radius 2 is 1.88 bits per heavy atom. The Bertz CT molecular complexity index is 753. The van der Waals surface area contributed by atoms with E-state index in [1.165, 1.54) is 7.11 Å². The maximum atomic E-state index is 12.7. The second-order valence-electron chi connectivity index (χ2n) is 5.89. The molecule has 0 spiro atoms. The van der Waals surface area contributed by atoms with E-state index in [0.29, 0.717) is 48.9 Å². The van der Waals surface area contributed by atoms with Crippen LogP contribution in [0.2, 0.25) is 5.02 Å². The topological polar surface area (TPSA) is 65.6 Å². The van der Waals surface area contributed by atoms with E-state index in [4.69, 9.17) is 16.3 Å². The lowest BCUT2D eigenvalue weighted by Crippen LogP contribution is -2.51. The quantitative estimate of drug-likeness (QED) is 0.908. The lowest BCUT2D eigenvalue weighted by molar-refractivity contribution is -0.132. The number of nitrogens with one attached hydrogen (secondary N) is 1. The van der Waals surface area contributed by atoms with Crippen molar-refractivity contribution in [1.29, 1.82) is 0 Å². The normalized spacial score (nSPS) is 14.5. The van der Waals surface area contributed by atoms with Crippen molar-refractivity contribution in [2.45, 2.75) is 6.42 Å². The molecule has 2 aromatic rings. The third kappa shape index (κ3) is 3.96. The van der Waals surface area contributed by atoms with E-state index in [2.05, 4.69) is 4.98 Å². The molecule has 1 aliphatic rings. The number of aromatic nitrogens is 1. The van der Waals surface area contributed by atoms with Gasteiger partial charge in [-0.25, -0.2) is 0 Å². The summed E-state index contributed by atoms with van der Waals surface area (Å²) in [6.07, 6.45) is 2.15. The fourth-order valence-electron chi connectivity index (χ4n) is 2.93. The highest BCUT2D eigenvalue weighted by molar-refractivity contribution is 6.31. The number of H-pyrrole nitrogens is 1. The summed E-state index contributed by atoms with van der Waals surface area (Å²) in [4.78, 5) is 31.6. The van der Waals surface area contributed by atoms with Crippen LogP contribution < -0.4 is 4.74 Å². The number of carbonyl (C=O) groups excluding carboxylic acids is 2. The number of piperazine rings is 1. The van der Waals surface area contributed by atoms with Crippen molar-refractivity contribution < 1.29 is 14.3 Å². The Kier molecular flexibility index (Phi) is 5.28. The van der Waals surface area contributed by atoms with Crippen LogP contribution in [-0.4, -0.2) is 59.9 Å². The standard InChI is InChI=1S/C18H20ClN3O3/c1-25-16-5-4-13(19)11-15(16)18(24)22-9-7-21(8-10-22)17(23)12-14-3-2-6-20-14/h2-6,11,20H,7-10,12H2,1H3. The Morgan fingerprint density at radius 3 is 2.52 bits per heavy atom. The number of nitrogens with zero attached hydrogens (tertiary/aromatic N) is 2. The predicted octanol–water partition coefficient (Wildman–Crippen LogP) is 2.20. The number of benzene rings is 1. The zero-order valence-corrected chi connectivity index (χ0v) is 14.8. The molecule has 1 aliphatic heterocycles. The molecule has 0 unspecified atom stereocenters. The van der Waals surface area contributed by atoms with Crippen molar-refractivity contribution in [1.82, 2.24) is 14.8 Å². The lowest BCUT2D eigenvalue weighted by atomic mass is 10.1. The minimum Gasteiger partial charge on any atom is -0.496 e. The molecule has 6 nitrogen and oxygen atoms in total. The number of halogens is 1. The fourth-order valence-corrected chi connectivity index (χ4v) is 3.10. The minimum absolute atomic E-state index is 0.0647. The van der Waals surface area contributed by atoms with Gasteiger partial charge in [0.15, 0.2) is 0 Å². The number of amides is 2. The first-order valence-corrected chi connectivity index (χ1v) is 8.49. The Hall–Kier alpha value is -2.47. The van der Waals surface area contributed by atoms with Crippen molar-refractivity contribution in [2.75, 3.05) is 33.3 Å². The predicted molar refractivity (Wildman–Crippen MR) is 95.0 cm³/mol. The smallest absolute Gasteiger partial charge is 0.257 e. The van der Waals surface area contributed by atoms with E-state index in [1.807, 2.05) is 12.1 Å². The first-order chi connectivity index (χ1) is 12.1. The third-order valence-corrected chi connectivity index (χ3v) is 4.55. The Labute approximate surface area is 151 Å². The molecule has 0 saturated carbocycles. The van der Waals surface area contributed by atoms with Crippen molar-refractivity contribution in [3.63, 3.8) is 0 Å². The summed E-state index contributed by atoms with van der Waals surface area (Å²) in [5.74, 6) is 0.436. The first-order valence-electron chi connectivity index (χ1n) is 8.11. The van der Waals surface area contributed by atoms with Gasteiger partial charge >= 0.3 is 0 Å². The molecular formula is C18H20ClN3O3. The molecule has 1 aromatic carbocycles. The molecule has 0 atom stereocenters. The van der Waals surface area contributed by atoms with Crippen LogP contribution in [-0.2, 0) is 11.2 Å². The van der Waals surface area contributed by atoms with Gasteiger partial charge in [0.05, 0.1) is 19.1 Å². The van der Waals surface area contributed by atoms with Crippen LogP contribution in [0.15, 0.2) is 36.5 Å². The van der Waals surface area contributed by atoms with Crippen LogP contribution in [0, 0.1) is 0 Å². The number of aromatic amines is 1. The maximum Gasteiger partial charge on any atom is 0.257 e. The molecule has 2 heterocycles. The van der Waals surface area contributed by atoms with Gasteiger partial charge in [-0.05, 0) is 30.3 Å². The molecule has 1 aromatic heterocycles. The van der Waals surface area contributed by atoms with E-state index >= 15 is 0 Å². The number of hydrogen-bond acceptors (Lipinski definition) is 3. The second kappa shape index (κ2) is 7.61. The molecule has 7 heteroatoms. The Morgan fingerprint density at radius 1 is 1.16 bits per heavy atom. The van der Waals surface area contributed by atoms with Crippen molar-refractivity contribution >= 4 is 23.4 Å². The first kappa shape index (κ1) is 17.4. The van der Waals surface area contributed by atoms with Crippen LogP contribution in [0.5, 0.6) is 5.75 Å². The highest BCUT2D eigenvalue weighted by atomic mass is 35.5. The van der Waals surface area contributed by atoms with E-state index in [-0.39, 0.29) is 11.8 Å². The van der Waals surface area contributed by atoms with Gasteiger partial charge in [-0.1, -0.05) is 11.6 Å². The summed E-state index contributed by atoms with van der Waals surface area (Å²) in [5.41, 5.74) is 1.34. The number of methoxy groups -OCH3 is 1. The van der Waals surface area contributed by atoms with Gasteiger partial charge in [0.1, 0.15) is 5.75 Å². The molecule has 0 radical (unpaired) electrons. The SMILES string of the molecule is COc1ccc(Cl)cc1C(=O)N1CCN(C(=O)Cc2ccc[nH]2)CC1. The van der Waals surface area contributed by atoms with Gasteiger partial charge in [0, 0.05) is 43.1 Å². The number of ether oxygens (including phenoxy) is 1. The van der Waals surface area contributed by atoms with Gasteiger partial charge < -0.3 is 19.5 Å². The number of carbonyl (C=O) groups is 2. The van der Waals surface area contributed by atoms with Crippen LogP contribution in [0.25, 0.3) is 0 Å². The molecule has 132 valence electrons. The summed E-state index contributed by atoms with van der Waals surface area (Å²) in [6.45, 7) is 2.03. The molecular weight excluding hydrogens is 342 g/mol. The van der Waals surface area contributed by atoms with E-state index < -0.39 is 0 Å². The van der Waals surface area contributed by atoms with Gasteiger partial charge in [-0.15, -0.1) is 0 Å². The molecule has 0 bridgehead atoms. The van der Waals surface area contributed by atoms with Gasteiger partial charge in [0.25, 0.3) is 5.91 Å². The van der Waals surface area contributed by atoms with Crippen molar-refractivity contribution in [3.05, 3.63) is 52.8 Å². The summed E-state index contributed by atoms with van der Waals surface area (Å²) in [5, 5.41) is 0.490. The van der Waals surface area contributed by atoms with Crippen LogP contribution in [0.1, 0.15) is 16.1 Å². The molecule has 1 N–H and O–H groups in total. The average Bonchev–Trinajstić information content (AvgIpc) is 3.14. The van der Waals surface area contributed by atoms with Gasteiger partial charge in [0.2, 0.25) is 5.91 Å². The summed E-state index contributed by atoms with van der Waals surface area (Å²) in [7, 11) is 1.53. The molecule has 1 fully saturated rings. The van der Waals surface area contributed by atoms with E-state index in [9.17, 15) is 9.59 Å². The molecule has 1 saturated heterocycles. The van der Waals surface area contributed by atoms with Gasteiger partial charge in [-0.2, -0.15) is 0 Å². The number of rotatable bonds is 4. The fraction of sp³-hybridized carbons (Fsp3) is 0.333. The largest absolute Gasteiger partial charge is 0.496 e. The molecule has 0 aliphatic carbocycles. The number of hydrogen-bond donors (Lipinski definition) is 1. The van der Waals surface area contributed by atoms with Gasteiger partial charge in [-0.3, -0.25) is 9.59 Å². The summed E-state index contributed by atoms with van der Waals surface area (Å²) in [6, 6.07) is 8.76. The van der Waals surface area contributed by atoms with Crippen molar-refractivity contribution in [3.8, 4) is 5.75 Å². The zero-order valence-electron chi connectivity index (χ0n) is 14.0. The zero-order chi connectivity index (χ0) is 17.8. The lowest BCUT2D eigenvalue weighted by Gasteiger charge is -2.35. The third-order valence-electron chi connectivity index (χ3n) is 4.32. The maximum absolute atomic E-state index is 12.7. The summed E-state index contributed by atoms with van der Waals surface area (Å²) >= 11 is 6.01. The van der Waals surface area contributed by atoms with Crippen LogP contribution >= 0.6 is 11.6 Å². The molecule has 3 rings (SSSR count). The second-order valence-corrected chi connectivity index (χ2v) is 6.33. The average molecular weight is 362 g/mol. The molecule has 25 heavy (non-hydrogen) atoms. The van der Waals surface area contributed by atoms with Crippen molar-refractivity contribution in [2.24, 2.45) is 0 Å². The monoisotopic (exact) mass is 361 g/mol. The summed E-state index contributed by atoms with van der Waals surface area (Å²) < 4.78 is 5.26. The molecule has 2 amide bonds. The van der Waals surface area contributed by atoms with E-state index in [1.54, 1.807) is 34.2 Å². The Balaban J connectivity index is 1.61. The van der Waals surface area contributed by atoms with Crippen LogP contribution in [0.3, 0.4) is 0 Å². The highest BCUT2D eigenvalue weighted by Gasteiger charge is 2.26. The minimum atomic E-state index is -0.129. The van der Waals surface area contributed by atoms with Crippen LogP contribution in [0.4, 0.5) is 0 Å².